The van der Waals surface area contributed by atoms with Crippen LogP contribution in [-0.2, 0) is 4.79 Å². The van der Waals surface area contributed by atoms with E-state index < -0.39 is 30.4 Å². The second-order valence-electron chi connectivity index (χ2n) is 4.13. The first-order valence-electron chi connectivity index (χ1n) is 5.49. The van der Waals surface area contributed by atoms with Crippen LogP contribution in [0.3, 0.4) is 0 Å². The van der Waals surface area contributed by atoms with E-state index in [2.05, 4.69) is 0 Å². The van der Waals surface area contributed by atoms with Crippen molar-refractivity contribution in [3.05, 3.63) is 29.1 Å². The monoisotopic (exact) mass is 289 g/mol. The quantitative estimate of drug-likeness (QED) is 0.660. The van der Waals surface area contributed by atoms with Crippen molar-refractivity contribution in [3.8, 4) is 6.07 Å². The van der Waals surface area contributed by atoms with Gasteiger partial charge in [-0.15, -0.1) is 0 Å². The number of hydrogen-bond acceptors (Lipinski definition) is 3. The zero-order chi connectivity index (χ0) is 15.5. The van der Waals surface area contributed by atoms with Gasteiger partial charge in [-0.3, -0.25) is 4.79 Å². The standard InChI is InChI=1S/C12H11F4N3O/c1-6(11(20)19-5-12(14,15)16)8-3-9(13)10(18)2-7(8)4-17/h2-3,6H,5,18H2,1H3,(H,19,20). The van der Waals surface area contributed by atoms with Crippen LogP contribution in [0.5, 0.6) is 0 Å². The molecule has 0 heterocycles. The third-order valence-corrected chi connectivity index (χ3v) is 2.61. The third kappa shape index (κ3) is 3.85. The second kappa shape index (κ2) is 5.77. The Kier molecular flexibility index (Phi) is 4.55. The molecule has 0 fully saturated rings. The fourth-order valence-electron chi connectivity index (χ4n) is 1.54. The van der Waals surface area contributed by atoms with Gasteiger partial charge in [-0.25, -0.2) is 4.39 Å². The number of nitrogens with two attached hydrogens (primary N) is 1. The number of carbonyl (C=O) groups is 1. The van der Waals surface area contributed by atoms with Crippen molar-refractivity contribution in [1.82, 2.24) is 5.32 Å². The van der Waals surface area contributed by atoms with Crippen molar-refractivity contribution in [1.29, 1.82) is 5.26 Å². The van der Waals surface area contributed by atoms with Crippen LogP contribution >= 0.6 is 0 Å². The molecule has 0 aliphatic rings. The summed E-state index contributed by atoms with van der Waals surface area (Å²) < 4.78 is 49.4. The van der Waals surface area contributed by atoms with Crippen LogP contribution in [0, 0.1) is 17.1 Å². The average molecular weight is 289 g/mol. The van der Waals surface area contributed by atoms with Crippen LogP contribution in [0.1, 0.15) is 24.0 Å². The Morgan fingerprint density at radius 2 is 2.10 bits per heavy atom. The first-order valence-corrected chi connectivity index (χ1v) is 5.49. The molecule has 20 heavy (non-hydrogen) atoms. The number of anilines is 1. The van der Waals surface area contributed by atoms with E-state index in [9.17, 15) is 22.4 Å². The summed E-state index contributed by atoms with van der Waals surface area (Å²) in [6.07, 6.45) is -4.54. The lowest BCUT2D eigenvalue weighted by Crippen LogP contribution is -2.36. The highest BCUT2D eigenvalue weighted by Gasteiger charge is 2.29. The number of nitrogen functional groups attached to an aromatic ring is 1. The van der Waals surface area contributed by atoms with Crippen molar-refractivity contribution in [2.24, 2.45) is 0 Å². The summed E-state index contributed by atoms with van der Waals surface area (Å²) in [6, 6.07) is 3.64. The van der Waals surface area contributed by atoms with Crippen molar-refractivity contribution < 1.29 is 22.4 Å². The molecule has 3 N–H and O–H groups in total. The molecule has 0 radical (unpaired) electrons. The molecule has 0 aliphatic heterocycles. The highest BCUT2D eigenvalue weighted by Crippen LogP contribution is 2.25. The predicted molar refractivity (Wildman–Crippen MR) is 63.0 cm³/mol. The maximum Gasteiger partial charge on any atom is 0.405 e. The molecule has 0 bridgehead atoms. The van der Waals surface area contributed by atoms with Gasteiger partial charge in [0, 0.05) is 0 Å². The Morgan fingerprint density at radius 1 is 1.50 bits per heavy atom. The molecular weight excluding hydrogens is 278 g/mol. The van der Waals surface area contributed by atoms with Gasteiger partial charge in [-0.1, -0.05) is 0 Å². The van der Waals surface area contributed by atoms with Gasteiger partial charge in [-0.2, -0.15) is 18.4 Å². The molecule has 0 saturated heterocycles. The zero-order valence-electron chi connectivity index (χ0n) is 10.4. The van der Waals surface area contributed by atoms with Crippen LogP contribution in [0.4, 0.5) is 23.2 Å². The summed E-state index contributed by atoms with van der Waals surface area (Å²) in [7, 11) is 0. The SMILES string of the molecule is CC(C(=O)NCC(F)(F)F)c1cc(F)c(N)cc1C#N. The van der Waals surface area contributed by atoms with E-state index in [0.717, 1.165) is 12.1 Å². The molecular formula is C12H11F4N3O. The van der Waals surface area contributed by atoms with E-state index in [1.165, 1.54) is 6.92 Å². The predicted octanol–water partition coefficient (Wildman–Crippen LogP) is 2.06. The lowest BCUT2D eigenvalue weighted by molar-refractivity contribution is -0.139. The first-order chi connectivity index (χ1) is 9.15. The Morgan fingerprint density at radius 3 is 2.60 bits per heavy atom. The fraction of sp³-hybridized carbons (Fsp3) is 0.333. The zero-order valence-corrected chi connectivity index (χ0v) is 10.4. The van der Waals surface area contributed by atoms with Gasteiger partial charge in [0.1, 0.15) is 12.4 Å². The number of benzene rings is 1. The summed E-state index contributed by atoms with van der Waals surface area (Å²) in [5, 5.41) is 10.6. The van der Waals surface area contributed by atoms with Gasteiger partial charge in [0.15, 0.2) is 0 Å². The minimum atomic E-state index is -4.54. The number of carbonyl (C=O) groups excluding carboxylic acids is 1. The molecule has 108 valence electrons. The van der Waals surface area contributed by atoms with E-state index in [1.54, 1.807) is 11.4 Å². The summed E-state index contributed by atoms with van der Waals surface area (Å²) in [5.41, 5.74) is 4.94. The number of hydrogen-bond donors (Lipinski definition) is 2. The van der Waals surface area contributed by atoms with Crippen molar-refractivity contribution in [2.75, 3.05) is 12.3 Å². The molecule has 8 heteroatoms. The lowest BCUT2D eigenvalue weighted by atomic mass is 9.94. The average Bonchev–Trinajstić information content (AvgIpc) is 2.36. The lowest BCUT2D eigenvalue weighted by Gasteiger charge is -2.15. The van der Waals surface area contributed by atoms with Gasteiger partial charge in [0.2, 0.25) is 5.91 Å². The normalized spacial score (nSPS) is 12.6. The Labute approximate surface area is 112 Å². The number of nitrogens with one attached hydrogen (secondary N) is 1. The van der Waals surface area contributed by atoms with E-state index in [-0.39, 0.29) is 16.8 Å². The third-order valence-electron chi connectivity index (χ3n) is 2.61. The van der Waals surface area contributed by atoms with Crippen LogP contribution in [0.2, 0.25) is 0 Å². The smallest absolute Gasteiger partial charge is 0.396 e. The van der Waals surface area contributed by atoms with Gasteiger partial charge >= 0.3 is 6.18 Å². The molecule has 0 spiro atoms. The van der Waals surface area contributed by atoms with Crippen molar-refractivity contribution >= 4 is 11.6 Å². The van der Waals surface area contributed by atoms with Crippen LogP contribution in [0.15, 0.2) is 12.1 Å². The Balaban J connectivity index is 2.97. The molecule has 0 aromatic heterocycles. The van der Waals surface area contributed by atoms with Gasteiger partial charge < -0.3 is 11.1 Å². The van der Waals surface area contributed by atoms with Crippen LogP contribution < -0.4 is 11.1 Å². The van der Waals surface area contributed by atoms with Gasteiger partial charge in [-0.05, 0) is 24.6 Å². The van der Waals surface area contributed by atoms with Gasteiger partial charge in [0.25, 0.3) is 0 Å². The summed E-state index contributed by atoms with van der Waals surface area (Å²) in [6.45, 7) is -0.215. The van der Waals surface area contributed by atoms with Crippen LogP contribution in [0.25, 0.3) is 0 Å². The minimum absolute atomic E-state index is 0.0149. The molecule has 1 unspecified atom stereocenters. The second-order valence-corrected chi connectivity index (χ2v) is 4.13. The van der Waals surface area contributed by atoms with E-state index in [4.69, 9.17) is 11.0 Å². The number of amides is 1. The Hall–Kier alpha value is -2.30. The molecule has 0 saturated carbocycles. The number of halogens is 4. The number of rotatable bonds is 3. The van der Waals surface area contributed by atoms with Crippen LogP contribution in [-0.4, -0.2) is 18.6 Å². The summed E-state index contributed by atoms with van der Waals surface area (Å²) >= 11 is 0. The van der Waals surface area contributed by atoms with E-state index >= 15 is 0 Å². The molecule has 1 aromatic rings. The number of nitrogens with zero attached hydrogens (tertiary/aromatic N) is 1. The Bertz CT molecular complexity index is 563. The molecule has 1 rings (SSSR count). The van der Waals surface area contributed by atoms with E-state index in [0.29, 0.717) is 0 Å². The van der Waals surface area contributed by atoms with Crippen molar-refractivity contribution in [3.63, 3.8) is 0 Å². The summed E-state index contributed by atoms with van der Waals surface area (Å²) in [5.74, 6) is -2.90. The largest absolute Gasteiger partial charge is 0.405 e. The molecule has 1 aromatic carbocycles. The molecule has 0 aliphatic carbocycles. The number of alkyl halides is 3. The first kappa shape index (κ1) is 15.8. The molecule has 1 amide bonds. The van der Waals surface area contributed by atoms with Gasteiger partial charge in [0.05, 0.1) is 23.2 Å². The summed E-state index contributed by atoms with van der Waals surface area (Å²) in [4.78, 5) is 11.6. The van der Waals surface area contributed by atoms with E-state index in [1.807, 2.05) is 0 Å². The minimum Gasteiger partial charge on any atom is -0.396 e. The topological polar surface area (TPSA) is 78.9 Å². The highest BCUT2D eigenvalue weighted by atomic mass is 19.4. The number of nitriles is 1. The molecule has 1 atom stereocenters. The maximum absolute atomic E-state index is 13.3. The maximum atomic E-state index is 13.3. The fourth-order valence-corrected chi connectivity index (χ4v) is 1.54. The molecule has 4 nitrogen and oxygen atoms in total. The van der Waals surface area contributed by atoms with Crippen molar-refractivity contribution in [2.45, 2.75) is 19.0 Å². The highest BCUT2D eigenvalue weighted by molar-refractivity contribution is 5.84.